The first-order chi connectivity index (χ1) is 8.76. The van der Waals surface area contributed by atoms with Gasteiger partial charge in [-0.2, -0.15) is 8.78 Å². The Hall–Kier alpha value is -0.200. The van der Waals surface area contributed by atoms with E-state index < -0.39 is 4.71 Å². The molecule has 102 valence electrons. The lowest BCUT2D eigenvalue weighted by molar-refractivity contribution is 0.203. The van der Waals surface area contributed by atoms with Crippen molar-refractivity contribution in [2.45, 2.75) is 9.74 Å². The molecule has 0 saturated carbocycles. The van der Waals surface area contributed by atoms with Gasteiger partial charge in [-0.1, -0.05) is 34.8 Å². The van der Waals surface area contributed by atoms with Gasteiger partial charge >= 0.3 is 4.71 Å². The summed E-state index contributed by atoms with van der Waals surface area (Å²) >= 11 is 22.7. The predicted molar refractivity (Wildman–Crippen MR) is 75.3 cm³/mol. The van der Waals surface area contributed by atoms with E-state index in [1.807, 2.05) is 0 Å². The number of alkyl halides is 3. The molecule has 2 aromatic rings. The van der Waals surface area contributed by atoms with Crippen molar-refractivity contribution in [1.29, 1.82) is 0 Å². The number of benzene rings is 1. The number of thioether (sulfide) groups is 1. The number of rotatable bonds is 3. The van der Waals surface area contributed by atoms with E-state index in [0.717, 1.165) is 0 Å². The first-order valence-corrected chi connectivity index (χ1v) is 7.04. The maximum absolute atomic E-state index is 12.6. The van der Waals surface area contributed by atoms with E-state index in [1.165, 1.54) is 29.2 Å². The summed E-state index contributed by atoms with van der Waals surface area (Å²) < 4.78 is 23.3. The zero-order valence-corrected chi connectivity index (χ0v) is 12.7. The van der Waals surface area contributed by atoms with E-state index in [-0.39, 0.29) is 26.8 Å². The number of hydrogen-bond acceptors (Lipinski definition) is 2. The molecule has 0 aliphatic heterocycles. The van der Waals surface area contributed by atoms with E-state index in [4.69, 9.17) is 46.4 Å². The SMILES string of the molecule is FC(F)(Cl)Sc1cn(-c2c(Cl)cc(Cl)cc2Cl)cn1. The Morgan fingerprint density at radius 1 is 1.16 bits per heavy atom. The smallest absolute Gasteiger partial charge is 0.302 e. The monoisotopic (exact) mass is 362 g/mol. The van der Waals surface area contributed by atoms with Gasteiger partial charge in [0.2, 0.25) is 0 Å². The second kappa shape index (κ2) is 5.66. The normalized spacial score (nSPS) is 11.9. The molecule has 0 amide bonds. The molecule has 0 bridgehead atoms. The van der Waals surface area contributed by atoms with Crippen LogP contribution in [0, 0.1) is 0 Å². The van der Waals surface area contributed by atoms with Crippen molar-refractivity contribution in [1.82, 2.24) is 9.55 Å². The second-order valence-electron chi connectivity index (χ2n) is 3.39. The molecule has 0 radical (unpaired) electrons. The second-order valence-corrected chi connectivity index (χ2v) is 6.47. The van der Waals surface area contributed by atoms with Gasteiger partial charge in [-0.3, -0.25) is 0 Å². The summed E-state index contributed by atoms with van der Waals surface area (Å²) in [6.45, 7) is 0. The van der Waals surface area contributed by atoms with E-state index in [9.17, 15) is 8.78 Å². The van der Waals surface area contributed by atoms with Crippen molar-refractivity contribution in [3.8, 4) is 5.69 Å². The number of imidazole rings is 1. The summed E-state index contributed by atoms with van der Waals surface area (Å²) in [4.78, 5) is 3.79. The summed E-state index contributed by atoms with van der Waals surface area (Å²) in [7, 11) is 0. The van der Waals surface area contributed by atoms with Gasteiger partial charge < -0.3 is 4.57 Å². The standard InChI is InChI=1S/C10H4Cl4F2N2S/c11-5-1-6(12)9(7(13)2-5)18-3-8(17-4-18)19-10(14,15)16/h1-4H. The number of halogens is 6. The molecule has 1 aromatic heterocycles. The molecule has 0 fully saturated rings. The van der Waals surface area contributed by atoms with E-state index in [0.29, 0.717) is 10.7 Å². The third-order valence-corrected chi connectivity index (χ3v) is 3.70. The highest BCUT2D eigenvalue weighted by Gasteiger charge is 2.28. The van der Waals surface area contributed by atoms with E-state index in [1.54, 1.807) is 0 Å². The maximum Gasteiger partial charge on any atom is 0.377 e. The molecular weight excluding hydrogens is 360 g/mol. The molecule has 0 unspecified atom stereocenters. The molecule has 1 heterocycles. The zero-order chi connectivity index (χ0) is 14.2. The van der Waals surface area contributed by atoms with Gasteiger partial charge in [-0.15, -0.1) is 0 Å². The van der Waals surface area contributed by atoms with Gasteiger partial charge in [-0.25, -0.2) is 4.98 Å². The summed E-state index contributed by atoms with van der Waals surface area (Å²) in [5, 5.41) is 0.982. The Bertz CT molecular complexity index is 589. The fraction of sp³-hybridized carbons (Fsp3) is 0.100. The van der Waals surface area contributed by atoms with Crippen molar-refractivity contribution >= 4 is 58.2 Å². The zero-order valence-electron chi connectivity index (χ0n) is 8.88. The molecule has 0 spiro atoms. The Labute approximate surface area is 131 Å². The first-order valence-electron chi connectivity index (χ1n) is 4.71. The number of hydrogen-bond donors (Lipinski definition) is 0. The minimum atomic E-state index is -3.42. The van der Waals surface area contributed by atoms with Crippen LogP contribution in [-0.2, 0) is 0 Å². The molecule has 0 N–H and O–H groups in total. The summed E-state index contributed by atoms with van der Waals surface area (Å²) in [6, 6.07) is 2.99. The Kier molecular flexibility index (Phi) is 4.52. The van der Waals surface area contributed by atoms with Crippen molar-refractivity contribution in [2.24, 2.45) is 0 Å². The summed E-state index contributed by atoms with van der Waals surface area (Å²) in [5.74, 6) is 0. The largest absolute Gasteiger partial charge is 0.377 e. The van der Waals surface area contributed by atoms with Crippen LogP contribution in [-0.4, -0.2) is 14.3 Å². The first kappa shape index (κ1) is 15.2. The van der Waals surface area contributed by atoms with Crippen LogP contribution >= 0.6 is 58.2 Å². The van der Waals surface area contributed by atoms with Crippen LogP contribution in [0.4, 0.5) is 8.78 Å². The van der Waals surface area contributed by atoms with Crippen LogP contribution in [0.1, 0.15) is 0 Å². The number of nitrogens with zero attached hydrogens (tertiary/aromatic N) is 2. The molecule has 0 aliphatic rings. The molecule has 0 aliphatic carbocycles. The molecule has 2 nitrogen and oxygen atoms in total. The lowest BCUT2D eigenvalue weighted by atomic mass is 10.3. The molecule has 0 saturated heterocycles. The maximum atomic E-state index is 12.6. The van der Waals surface area contributed by atoms with Crippen LogP contribution in [0.2, 0.25) is 15.1 Å². The van der Waals surface area contributed by atoms with Gasteiger partial charge in [0.25, 0.3) is 0 Å². The van der Waals surface area contributed by atoms with Crippen LogP contribution in [0.5, 0.6) is 0 Å². The Morgan fingerprint density at radius 3 is 2.26 bits per heavy atom. The highest BCUT2D eigenvalue weighted by molar-refractivity contribution is 8.01. The quantitative estimate of drug-likeness (QED) is 0.513. The third kappa shape index (κ3) is 3.89. The fourth-order valence-electron chi connectivity index (χ4n) is 1.38. The predicted octanol–water partition coefficient (Wildman–Crippen LogP) is 5.71. The topological polar surface area (TPSA) is 17.8 Å². The van der Waals surface area contributed by atoms with Gasteiger partial charge in [0, 0.05) is 11.2 Å². The van der Waals surface area contributed by atoms with E-state index >= 15 is 0 Å². The summed E-state index contributed by atoms with van der Waals surface area (Å²) in [5.41, 5.74) is 0.407. The van der Waals surface area contributed by atoms with Gasteiger partial charge in [-0.05, 0) is 35.5 Å². The van der Waals surface area contributed by atoms with Gasteiger partial charge in [0.1, 0.15) is 11.4 Å². The van der Waals surface area contributed by atoms with Crippen molar-refractivity contribution < 1.29 is 8.78 Å². The summed E-state index contributed by atoms with van der Waals surface area (Å²) in [6.07, 6.45) is 2.66. The van der Waals surface area contributed by atoms with Crippen molar-refractivity contribution in [3.63, 3.8) is 0 Å². The molecule has 19 heavy (non-hydrogen) atoms. The molecule has 0 atom stereocenters. The van der Waals surface area contributed by atoms with Crippen LogP contribution < -0.4 is 0 Å². The minimum Gasteiger partial charge on any atom is -0.302 e. The molecule has 1 aromatic carbocycles. The average molecular weight is 364 g/mol. The van der Waals surface area contributed by atoms with Crippen molar-refractivity contribution in [2.75, 3.05) is 0 Å². The highest BCUT2D eigenvalue weighted by Crippen LogP contribution is 2.39. The molecular formula is C10H4Cl4F2N2S. The third-order valence-electron chi connectivity index (χ3n) is 2.02. The Balaban J connectivity index is 2.39. The lowest BCUT2D eigenvalue weighted by Crippen LogP contribution is -1.97. The lowest BCUT2D eigenvalue weighted by Gasteiger charge is -2.08. The molecule has 2 rings (SSSR count). The van der Waals surface area contributed by atoms with Gasteiger partial charge in [0.15, 0.2) is 0 Å². The van der Waals surface area contributed by atoms with Crippen molar-refractivity contribution in [3.05, 3.63) is 39.7 Å². The highest BCUT2D eigenvalue weighted by atomic mass is 35.5. The average Bonchev–Trinajstić information content (AvgIpc) is 2.61. The Morgan fingerprint density at radius 2 is 1.74 bits per heavy atom. The minimum absolute atomic E-state index is 0.0436. The van der Waals surface area contributed by atoms with Crippen LogP contribution in [0.3, 0.4) is 0 Å². The fourth-order valence-corrected chi connectivity index (χ4v) is 3.13. The van der Waals surface area contributed by atoms with Crippen LogP contribution in [0.25, 0.3) is 5.69 Å². The van der Waals surface area contributed by atoms with E-state index in [2.05, 4.69) is 4.98 Å². The van der Waals surface area contributed by atoms with Gasteiger partial charge in [0.05, 0.1) is 15.7 Å². The number of aromatic nitrogens is 2. The molecule has 9 heteroatoms. The van der Waals surface area contributed by atoms with Crippen LogP contribution in [0.15, 0.2) is 29.7 Å².